The van der Waals surface area contributed by atoms with E-state index in [9.17, 15) is 4.79 Å². The average Bonchev–Trinajstić information content (AvgIpc) is 3.23. The van der Waals surface area contributed by atoms with Crippen LogP contribution in [-0.2, 0) is 7.05 Å². The van der Waals surface area contributed by atoms with Crippen molar-refractivity contribution in [2.24, 2.45) is 12.1 Å². The summed E-state index contributed by atoms with van der Waals surface area (Å²) in [5.41, 5.74) is 6.54. The molecule has 0 spiro atoms. The molecular formula is C21H20N6OS. The van der Waals surface area contributed by atoms with Gasteiger partial charge in [0.05, 0.1) is 17.6 Å². The van der Waals surface area contributed by atoms with E-state index in [1.54, 1.807) is 15.6 Å². The number of benzene rings is 2. The number of hydrazone groups is 1. The summed E-state index contributed by atoms with van der Waals surface area (Å²) in [6.45, 7) is 1.86. The Morgan fingerprint density at radius 2 is 1.86 bits per heavy atom. The molecule has 146 valence electrons. The number of anilines is 1. The molecule has 7 nitrogen and oxygen atoms in total. The van der Waals surface area contributed by atoms with E-state index in [2.05, 4.69) is 20.8 Å². The maximum absolute atomic E-state index is 12.9. The molecule has 0 saturated heterocycles. The molecule has 4 rings (SSSR count). The highest BCUT2D eigenvalue weighted by Gasteiger charge is 2.16. The molecule has 4 aromatic rings. The van der Waals surface area contributed by atoms with Crippen molar-refractivity contribution < 1.29 is 0 Å². The van der Waals surface area contributed by atoms with Crippen LogP contribution in [-0.4, -0.2) is 25.7 Å². The fourth-order valence-electron chi connectivity index (χ4n) is 3.21. The van der Waals surface area contributed by atoms with E-state index in [4.69, 9.17) is 12.2 Å². The van der Waals surface area contributed by atoms with Crippen LogP contribution in [0.2, 0.25) is 0 Å². The summed E-state index contributed by atoms with van der Waals surface area (Å²) in [6.07, 6.45) is 3.57. The van der Waals surface area contributed by atoms with Gasteiger partial charge < -0.3 is 10.3 Å². The van der Waals surface area contributed by atoms with Crippen molar-refractivity contribution in [2.45, 2.75) is 6.92 Å². The van der Waals surface area contributed by atoms with Crippen LogP contribution < -0.4 is 16.3 Å². The lowest BCUT2D eigenvalue weighted by Crippen LogP contribution is -2.28. The SMILES string of the molecule is Cc1c(NC(=S)N/N=C/c2c[nH]c3ccccc23)c(=O)n(-c2ccccc2)n1C. The van der Waals surface area contributed by atoms with E-state index in [1.165, 1.54) is 0 Å². The fraction of sp³-hybridized carbons (Fsp3) is 0.0952. The normalized spacial score (nSPS) is 11.2. The third-order valence-corrected chi connectivity index (χ3v) is 4.98. The highest BCUT2D eigenvalue weighted by atomic mass is 32.1. The largest absolute Gasteiger partial charge is 0.361 e. The third kappa shape index (κ3) is 3.57. The molecule has 2 aromatic heterocycles. The van der Waals surface area contributed by atoms with Crippen LogP contribution in [0.4, 0.5) is 5.69 Å². The Hall–Kier alpha value is -3.65. The third-order valence-electron chi connectivity index (χ3n) is 4.78. The summed E-state index contributed by atoms with van der Waals surface area (Å²) in [5.74, 6) is 0. The van der Waals surface area contributed by atoms with Gasteiger partial charge in [0, 0.05) is 29.7 Å². The minimum Gasteiger partial charge on any atom is -0.361 e. The fourth-order valence-corrected chi connectivity index (χ4v) is 3.37. The lowest BCUT2D eigenvalue weighted by molar-refractivity contribution is 0.630. The Labute approximate surface area is 172 Å². The van der Waals surface area contributed by atoms with E-state index in [-0.39, 0.29) is 10.7 Å². The van der Waals surface area contributed by atoms with Crippen molar-refractivity contribution in [1.29, 1.82) is 0 Å². The van der Waals surface area contributed by atoms with Gasteiger partial charge in [-0.25, -0.2) is 4.68 Å². The Kier molecular flexibility index (Phi) is 5.01. The van der Waals surface area contributed by atoms with Crippen LogP contribution in [0.3, 0.4) is 0 Å². The Morgan fingerprint density at radius 3 is 2.66 bits per heavy atom. The van der Waals surface area contributed by atoms with Gasteiger partial charge in [0.25, 0.3) is 5.56 Å². The minimum absolute atomic E-state index is 0.180. The number of para-hydroxylation sites is 2. The summed E-state index contributed by atoms with van der Waals surface area (Å²) in [6, 6.07) is 17.4. The average molecular weight is 404 g/mol. The van der Waals surface area contributed by atoms with Crippen molar-refractivity contribution in [3.05, 3.63) is 82.4 Å². The number of nitrogens with zero attached hydrogens (tertiary/aromatic N) is 3. The molecule has 0 aliphatic rings. The van der Waals surface area contributed by atoms with Gasteiger partial charge in [0.2, 0.25) is 0 Å². The van der Waals surface area contributed by atoms with Crippen molar-refractivity contribution >= 4 is 40.1 Å². The predicted molar refractivity (Wildman–Crippen MR) is 121 cm³/mol. The molecule has 0 saturated carbocycles. The Balaban J connectivity index is 1.51. The van der Waals surface area contributed by atoms with Crippen LogP contribution in [0, 0.1) is 6.92 Å². The maximum Gasteiger partial charge on any atom is 0.295 e. The first-order chi connectivity index (χ1) is 14.1. The van der Waals surface area contributed by atoms with Crippen molar-refractivity contribution in [1.82, 2.24) is 19.8 Å². The lowest BCUT2D eigenvalue weighted by atomic mass is 10.2. The highest BCUT2D eigenvalue weighted by Crippen LogP contribution is 2.16. The molecule has 0 radical (unpaired) electrons. The van der Waals surface area contributed by atoms with E-state index in [0.29, 0.717) is 5.69 Å². The number of rotatable bonds is 4. The quantitative estimate of drug-likeness (QED) is 0.277. The first-order valence-corrected chi connectivity index (χ1v) is 9.47. The smallest absolute Gasteiger partial charge is 0.295 e. The molecule has 2 heterocycles. The van der Waals surface area contributed by atoms with Crippen LogP contribution in [0.15, 0.2) is 70.7 Å². The van der Waals surface area contributed by atoms with E-state index >= 15 is 0 Å². The number of aromatic nitrogens is 3. The lowest BCUT2D eigenvalue weighted by Gasteiger charge is -2.07. The Morgan fingerprint density at radius 1 is 1.14 bits per heavy atom. The zero-order chi connectivity index (χ0) is 20.4. The number of fused-ring (bicyclic) bond motifs is 1. The molecular weight excluding hydrogens is 384 g/mol. The molecule has 0 aliphatic carbocycles. The van der Waals surface area contributed by atoms with Gasteiger partial charge in [-0.3, -0.25) is 14.9 Å². The van der Waals surface area contributed by atoms with Crippen molar-refractivity contribution in [3.63, 3.8) is 0 Å². The van der Waals surface area contributed by atoms with E-state index < -0.39 is 0 Å². The first kappa shape index (κ1) is 18.7. The molecule has 0 aliphatic heterocycles. The highest BCUT2D eigenvalue weighted by molar-refractivity contribution is 7.80. The second kappa shape index (κ2) is 7.76. The number of hydrogen-bond acceptors (Lipinski definition) is 3. The molecule has 3 N–H and O–H groups in total. The van der Waals surface area contributed by atoms with Gasteiger partial charge in [0.1, 0.15) is 5.69 Å². The summed E-state index contributed by atoms with van der Waals surface area (Å²) in [7, 11) is 1.83. The summed E-state index contributed by atoms with van der Waals surface area (Å²) < 4.78 is 3.38. The predicted octanol–water partition coefficient (Wildman–Crippen LogP) is 3.29. The molecule has 0 amide bonds. The van der Waals surface area contributed by atoms with Crippen LogP contribution in [0.25, 0.3) is 16.6 Å². The molecule has 0 bridgehead atoms. The zero-order valence-electron chi connectivity index (χ0n) is 16.0. The number of H-pyrrole nitrogens is 1. The molecule has 8 heteroatoms. The molecule has 29 heavy (non-hydrogen) atoms. The van der Waals surface area contributed by atoms with Gasteiger partial charge in [-0.15, -0.1) is 0 Å². The summed E-state index contributed by atoms with van der Waals surface area (Å²) in [5, 5.41) is 8.48. The number of aromatic amines is 1. The van der Waals surface area contributed by atoms with Crippen LogP contribution in [0.1, 0.15) is 11.3 Å². The monoisotopic (exact) mass is 404 g/mol. The topological polar surface area (TPSA) is 79.1 Å². The number of nitrogens with one attached hydrogen (secondary N) is 3. The van der Waals surface area contributed by atoms with Crippen LogP contribution >= 0.6 is 12.2 Å². The molecule has 0 unspecified atom stereocenters. The maximum atomic E-state index is 12.9. The van der Waals surface area contributed by atoms with Crippen molar-refractivity contribution in [2.75, 3.05) is 5.32 Å². The number of hydrogen-bond donors (Lipinski definition) is 3. The van der Waals surface area contributed by atoms with E-state index in [0.717, 1.165) is 27.8 Å². The zero-order valence-corrected chi connectivity index (χ0v) is 16.8. The van der Waals surface area contributed by atoms with Gasteiger partial charge in [-0.1, -0.05) is 36.4 Å². The minimum atomic E-state index is -0.180. The molecule has 0 atom stereocenters. The van der Waals surface area contributed by atoms with Gasteiger partial charge in [-0.05, 0) is 37.3 Å². The van der Waals surface area contributed by atoms with Gasteiger partial charge >= 0.3 is 0 Å². The van der Waals surface area contributed by atoms with Crippen molar-refractivity contribution in [3.8, 4) is 5.69 Å². The van der Waals surface area contributed by atoms with Gasteiger partial charge in [-0.2, -0.15) is 5.10 Å². The van der Waals surface area contributed by atoms with E-state index in [1.807, 2.05) is 74.8 Å². The molecule has 0 fully saturated rings. The standard InChI is InChI=1S/C21H20N6OS/c1-14-19(20(28)27(26(14)2)16-8-4-3-5-9-16)24-21(29)25-23-13-15-12-22-18-11-7-6-10-17(15)18/h3-13,22H,1-2H3,(H2,24,25,29)/b23-13+. The second-order valence-corrected chi connectivity index (χ2v) is 6.96. The van der Waals surface area contributed by atoms with Crippen LogP contribution in [0.5, 0.6) is 0 Å². The molecule has 2 aromatic carbocycles. The summed E-state index contributed by atoms with van der Waals surface area (Å²) in [4.78, 5) is 16.1. The first-order valence-electron chi connectivity index (χ1n) is 9.06. The number of thiocarbonyl (C=S) groups is 1. The van der Waals surface area contributed by atoms with Gasteiger partial charge in [0.15, 0.2) is 5.11 Å². The Bertz CT molecular complexity index is 1270. The second-order valence-electron chi connectivity index (χ2n) is 6.55. The summed E-state index contributed by atoms with van der Waals surface area (Å²) >= 11 is 5.31.